The van der Waals surface area contributed by atoms with E-state index in [2.05, 4.69) is 0 Å². The molecule has 1 aliphatic heterocycles. The van der Waals surface area contributed by atoms with Gasteiger partial charge in [-0.1, -0.05) is 29.8 Å². The lowest BCUT2D eigenvalue weighted by Crippen LogP contribution is -2.46. The van der Waals surface area contributed by atoms with Crippen LogP contribution in [0.25, 0.3) is 0 Å². The Bertz CT molecular complexity index is 884. The number of ether oxygens (including phenoxy) is 2. The summed E-state index contributed by atoms with van der Waals surface area (Å²) < 4.78 is 10.3. The number of nitriles is 1. The van der Waals surface area contributed by atoms with Crippen molar-refractivity contribution >= 4 is 17.6 Å². The third-order valence-corrected chi connectivity index (χ3v) is 4.95. The zero-order chi connectivity index (χ0) is 20.1. The van der Waals surface area contributed by atoms with Gasteiger partial charge in [0.25, 0.3) is 0 Å². The number of rotatable bonds is 5. The molecule has 2 atom stereocenters. The molecule has 0 aliphatic carbocycles. The minimum atomic E-state index is -0.555. The normalized spacial score (nSPS) is 19.0. The number of hydrogen-bond acceptors (Lipinski definition) is 5. The van der Waals surface area contributed by atoms with Crippen LogP contribution >= 0.6 is 0 Å². The summed E-state index contributed by atoms with van der Waals surface area (Å²) in [4.78, 5) is 27.2. The summed E-state index contributed by atoms with van der Waals surface area (Å²) in [6, 6.07) is 16.3. The van der Waals surface area contributed by atoms with Gasteiger partial charge in [0, 0.05) is 12.1 Å². The fourth-order valence-corrected chi connectivity index (χ4v) is 3.54. The number of hydrogen-bond donors (Lipinski definition) is 0. The highest BCUT2D eigenvalue weighted by atomic mass is 16.5. The predicted molar refractivity (Wildman–Crippen MR) is 104 cm³/mol. The fourth-order valence-electron chi connectivity index (χ4n) is 3.54. The highest BCUT2D eigenvalue weighted by Crippen LogP contribution is 2.41. The van der Waals surface area contributed by atoms with Crippen LogP contribution in [0.5, 0.6) is 5.75 Å². The minimum Gasteiger partial charge on any atom is -0.497 e. The van der Waals surface area contributed by atoms with Crippen LogP contribution in [0.3, 0.4) is 0 Å². The van der Waals surface area contributed by atoms with Crippen molar-refractivity contribution in [3.05, 3.63) is 59.7 Å². The molecule has 0 saturated carbocycles. The van der Waals surface area contributed by atoms with Gasteiger partial charge in [0.15, 0.2) is 6.61 Å². The molecule has 2 aromatic carbocycles. The fraction of sp³-hybridized carbons (Fsp3) is 0.318. The molecule has 0 bridgehead atoms. The second-order valence-electron chi connectivity index (χ2n) is 6.73. The lowest BCUT2D eigenvalue weighted by molar-refractivity contribution is -0.149. The van der Waals surface area contributed by atoms with Crippen molar-refractivity contribution in [1.29, 1.82) is 5.26 Å². The summed E-state index contributed by atoms with van der Waals surface area (Å²) in [5.41, 5.74) is 2.63. The van der Waals surface area contributed by atoms with Crippen LogP contribution in [0.2, 0.25) is 0 Å². The van der Waals surface area contributed by atoms with Gasteiger partial charge in [0.2, 0.25) is 5.91 Å². The van der Waals surface area contributed by atoms with Crippen LogP contribution in [0, 0.1) is 24.2 Å². The van der Waals surface area contributed by atoms with Crippen molar-refractivity contribution in [3.8, 4) is 11.8 Å². The lowest BCUT2D eigenvalue weighted by Gasteiger charge is -2.40. The van der Waals surface area contributed by atoms with Gasteiger partial charge in [0.05, 0.1) is 19.1 Å². The largest absolute Gasteiger partial charge is 0.497 e. The lowest BCUT2D eigenvalue weighted by atomic mass is 9.83. The Morgan fingerprint density at radius 3 is 2.46 bits per heavy atom. The van der Waals surface area contributed by atoms with Gasteiger partial charge in [-0.15, -0.1) is 0 Å². The molecule has 0 N–H and O–H groups in total. The van der Waals surface area contributed by atoms with E-state index in [-0.39, 0.29) is 18.9 Å². The molecule has 1 heterocycles. The Hall–Kier alpha value is -3.33. The SMILES string of the molecule is COc1ccc([C@H]2[C@@H](C(=O)OCC#N)CCC(=O)N2c2ccc(C)cc2)cc1. The van der Waals surface area contributed by atoms with Crippen LogP contribution in [0.4, 0.5) is 5.69 Å². The third-order valence-electron chi connectivity index (χ3n) is 4.95. The van der Waals surface area contributed by atoms with Crippen molar-refractivity contribution in [2.45, 2.75) is 25.8 Å². The van der Waals surface area contributed by atoms with E-state index >= 15 is 0 Å². The Labute approximate surface area is 164 Å². The molecule has 6 heteroatoms. The zero-order valence-electron chi connectivity index (χ0n) is 15.9. The van der Waals surface area contributed by atoms with Gasteiger partial charge in [-0.05, 0) is 43.2 Å². The smallest absolute Gasteiger partial charge is 0.312 e. The summed E-state index contributed by atoms with van der Waals surface area (Å²) in [5.74, 6) is -0.377. The highest BCUT2D eigenvalue weighted by molar-refractivity contribution is 5.97. The first-order valence-electron chi connectivity index (χ1n) is 9.11. The van der Waals surface area contributed by atoms with Crippen molar-refractivity contribution in [2.75, 3.05) is 18.6 Å². The molecule has 1 amide bonds. The van der Waals surface area contributed by atoms with Crippen LogP contribution in [-0.4, -0.2) is 25.6 Å². The molecule has 0 spiro atoms. The molecule has 2 aromatic rings. The molecule has 28 heavy (non-hydrogen) atoms. The molecule has 1 saturated heterocycles. The number of piperidine rings is 1. The third kappa shape index (κ3) is 3.99. The van der Waals surface area contributed by atoms with Gasteiger partial charge in [-0.3, -0.25) is 9.59 Å². The Morgan fingerprint density at radius 2 is 1.86 bits per heavy atom. The summed E-state index contributed by atoms with van der Waals surface area (Å²) >= 11 is 0. The first-order chi connectivity index (χ1) is 13.5. The van der Waals surface area contributed by atoms with Gasteiger partial charge >= 0.3 is 5.97 Å². The van der Waals surface area contributed by atoms with Gasteiger partial charge in [0.1, 0.15) is 11.8 Å². The molecule has 0 unspecified atom stereocenters. The maximum atomic E-state index is 12.9. The van der Waals surface area contributed by atoms with Gasteiger partial charge < -0.3 is 14.4 Å². The van der Waals surface area contributed by atoms with Crippen molar-refractivity contribution in [3.63, 3.8) is 0 Å². The number of aryl methyl sites for hydroxylation is 1. The van der Waals surface area contributed by atoms with E-state index in [0.29, 0.717) is 12.2 Å². The Kier molecular flexibility index (Phi) is 5.95. The minimum absolute atomic E-state index is 0.0472. The molecule has 0 radical (unpaired) electrons. The van der Waals surface area contributed by atoms with E-state index in [1.807, 2.05) is 49.4 Å². The van der Waals surface area contributed by atoms with E-state index in [9.17, 15) is 9.59 Å². The maximum absolute atomic E-state index is 12.9. The molecule has 6 nitrogen and oxygen atoms in total. The summed E-state index contributed by atoms with van der Waals surface area (Å²) in [5, 5.41) is 8.75. The number of nitrogens with zero attached hydrogens (tertiary/aromatic N) is 2. The van der Waals surface area contributed by atoms with Crippen molar-refractivity contribution in [1.82, 2.24) is 0 Å². The monoisotopic (exact) mass is 378 g/mol. The van der Waals surface area contributed by atoms with E-state index in [4.69, 9.17) is 14.7 Å². The number of esters is 1. The second kappa shape index (κ2) is 8.57. The first-order valence-corrected chi connectivity index (χ1v) is 9.11. The van der Waals surface area contributed by atoms with E-state index < -0.39 is 17.9 Å². The molecule has 0 aromatic heterocycles. The molecular formula is C22H22N2O4. The number of carbonyl (C=O) groups is 2. The first kappa shape index (κ1) is 19.4. The number of methoxy groups -OCH3 is 1. The van der Waals surface area contributed by atoms with Gasteiger partial charge in [-0.2, -0.15) is 5.26 Å². The maximum Gasteiger partial charge on any atom is 0.312 e. The summed E-state index contributed by atoms with van der Waals surface area (Å²) in [6.07, 6.45) is 0.620. The molecular weight excluding hydrogens is 356 g/mol. The molecule has 144 valence electrons. The van der Waals surface area contributed by atoms with Crippen LogP contribution in [0.1, 0.15) is 30.0 Å². The Morgan fingerprint density at radius 1 is 1.18 bits per heavy atom. The van der Waals surface area contributed by atoms with Crippen molar-refractivity contribution < 1.29 is 19.1 Å². The van der Waals surface area contributed by atoms with E-state index in [1.54, 1.807) is 24.1 Å². The molecule has 1 fully saturated rings. The standard InChI is InChI=1S/C22H22N2O4/c1-15-3-7-17(8-4-15)24-20(25)12-11-19(22(26)28-14-13-23)21(24)16-5-9-18(27-2)10-6-16/h3-10,19,21H,11-12,14H2,1-2H3/t19-,21-/m0/s1. The molecule has 3 rings (SSSR count). The second-order valence-corrected chi connectivity index (χ2v) is 6.73. The number of carbonyl (C=O) groups excluding carboxylic acids is 2. The predicted octanol–water partition coefficient (Wildman–Crippen LogP) is 3.55. The average molecular weight is 378 g/mol. The summed E-state index contributed by atoms with van der Waals surface area (Å²) in [7, 11) is 1.58. The Balaban J connectivity index is 2.05. The van der Waals surface area contributed by atoms with E-state index in [1.165, 1.54) is 0 Å². The van der Waals surface area contributed by atoms with Crippen LogP contribution in [-0.2, 0) is 14.3 Å². The van der Waals surface area contributed by atoms with Crippen LogP contribution < -0.4 is 9.64 Å². The average Bonchev–Trinajstić information content (AvgIpc) is 2.72. The molecule has 1 aliphatic rings. The van der Waals surface area contributed by atoms with E-state index in [0.717, 1.165) is 16.8 Å². The summed E-state index contributed by atoms with van der Waals surface area (Å²) in [6.45, 7) is 1.67. The zero-order valence-corrected chi connectivity index (χ0v) is 15.9. The number of benzene rings is 2. The van der Waals surface area contributed by atoms with Crippen LogP contribution in [0.15, 0.2) is 48.5 Å². The van der Waals surface area contributed by atoms with Gasteiger partial charge in [-0.25, -0.2) is 0 Å². The number of anilines is 1. The van der Waals surface area contributed by atoms with Crippen molar-refractivity contribution in [2.24, 2.45) is 5.92 Å². The quantitative estimate of drug-likeness (QED) is 0.744. The topological polar surface area (TPSA) is 79.6 Å². The number of amides is 1. The highest BCUT2D eigenvalue weighted by Gasteiger charge is 2.42.